The molecule has 1 aromatic heterocycles. The summed E-state index contributed by atoms with van der Waals surface area (Å²) in [6.45, 7) is 3.40. The Morgan fingerprint density at radius 3 is 2.44 bits per heavy atom. The van der Waals surface area contributed by atoms with Gasteiger partial charge in [-0.2, -0.15) is 0 Å². The predicted molar refractivity (Wildman–Crippen MR) is 107 cm³/mol. The minimum absolute atomic E-state index is 0. The fourth-order valence-electron chi connectivity index (χ4n) is 3.42. The van der Waals surface area contributed by atoms with E-state index in [1.165, 1.54) is 11.2 Å². The maximum absolute atomic E-state index is 13.0. The number of carbonyl (C=O) groups excluding carboxylic acids is 2. The Hall–Kier alpha value is -2.31. The van der Waals surface area contributed by atoms with E-state index in [0.717, 1.165) is 12.8 Å². The molecule has 2 aromatic rings. The lowest BCUT2D eigenvalue weighted by Crippen LogP contribution is -2.43. The molecular weight excluding hydrogens is 366 g/mol. The maximum Gasteiger partial charge on any atom is 0.293 e. The zero-order valence-electron chi connectivity index (χ0n) is 15.6. The summed E-state index contributed by atoms with van der Waals surface area (Å²) in [5.74, 6) is 0.360. The van der Waals surface area contributed by atoms with Gasteiger partial charge in [0, 0.05) is 26.2 Å². The van der Waals surface area contributed by atoms with Crippen LogP contribution in [0.1, 0.15) is 40.7 Å². The van der Waals surface area contributed by atoms with Crippen LogP contribution in [0.5, 0.6) is 0 Å². The van der Waals surface area contributed by atoms with E-state index in [0.29, 0.717) is 30.3 Å². The molecule has 0 aliphatic carbocycles. The van der Waals surface area contributed by atoms with Gasteiger partial charge in [0.05, 0.1) is 17.5 Å². The number of amides is 2. The Bertz CT molecular complexity index is 769. The lowest BCUT2D eigenvalue weighted by atomic mass is 9.90. The number of rotatable bonds is 4. The van der Waals surface area contributed by atoms with Crippen molar-refractivity contribution in [2.45, 2.75) is 25.8 Å². The summed E-state index contributed by atoms with van der Waals surface area (Å²) in [6, 6.07) is 10.6. The highest BCUT2D eigenvalue weighted by Gasteiger charge is 2.28. The molecular formula is C20H26ClN3O3. The van der Waals surface area contributed by atoms with Gasteiger partial charge in [0.1, 0.15) is 0 Å². The van der Waals surface area contributed by atoms with E-state index in [-0.39, 0.29) is 36.0 Å². The van der Waals surface area contributed by atoms with E-state index in [1.54, 1.807) is 31.3 Å². The number of likely N-dealkylation sites (tertiary alicyclic amines) is 1. The average Bonchev–Trinajstić information content (AvgIpc) is 3.21. The van der Waals surface area contributed by atoms with Crippen LogP contribution in [0.25, 0.3) is 0 Å². The molecule has 0 saturated carbocycles. The number of nitrogens with two attached hydrogens (primary N) is 1. The number of furan rings is 1. The van der Waals surface area contributed by atoms with Crippen LogP contribution < -0.4 is 10.6 Å². The Balaban J connectivity index is 0.00000261. The van der Waals surface area contributed by atoms with Gasteiger partial charge in [0.2, 0.25) is 0 Å². The number of piperidine rings is 1. The Morgan fingerprint density at radius 1 is 1.19 bits per heavy atom. The van der Waals surface area contributed by atoms with Crippen molar-refractivity contribution >= 4 is 29.9 Å². The maximum atomic E-state index is 13.0. The first kappa shape index (κ1) is 21.0. The third-order valence-corrected chi connectivity index (χ3v) is 5.10. The van der Waals surface area contributed by atoms with Gasteiger partial charge in [-0.1, -0.05) is 12.1 Å². The van der Waals surface area contributed by atoms with E-state index < -0.39 is 0 Å². The largest absolute Gasteiger partial charge is 0.459 e. The molecule has 1 aliphatic heterocycles. The molecule has 27 heavy (non-hydrogen) atoms. The standard InChI is InChI=1S/C20H25N3O3.ClH/c1-14(21)15-9-11-23(12-10-15)19(24)16-6-3-4-7-17(16)22(2)20(25)18-8-5-13-26-18;/h3-8,13-15H,9-12,21H2,1-2H3;1H. The molecule has 1 aromatic carbocycles. The molecule has 2 amide bonds. The van der Waals surface area contributed by atoms with Crippen molar-refractivity contribution in [2.75, 3.05) is 25.0 Å². The second-order valence-corrected chi connectivity index (χ2v) is 6.85. The summed E-state index contributed by atoms with van der Waals surface area (Å²) in [7, 11) is 1.65. The monoisotopic (exact) mass is 391 g/mol. The van der Waals surface area contributed by atoms with Gasteiger partial charge in [-0.3, -0.25) is 9.59 Å². The summed E-state index contributed by atoms with van der Waals surface area (Å²) in [6.07, 6.45) is 3.28. The predicted octanol–water partition coefficient (Wildman–Crippen LogP) is 3.18. The first-order valence-electron chi connectivity index (χ1n) is 8.94. The van der Waals surface area contributed by atoms with Gasteiger partial charge in [-0.05, 0) is 49.9 Å². The highest BCUT2D eigenvalue weighted by Crippen LogP contribution is 2.26. The fraction of sp³-hybridized carbons (Fsp3) is 0.400. The minimum Gasteiger partial charge on any atom is -0.459 e. The van der Waals surface area contributed by atoms with Gasteiger partial charge >= 0.3 is 0 Å². The van der Waals surface area contributed by atoms with Crippen LogP contribution in [0.3, 0.4) is 0 Å². The first-order valence-corrected chi connectivity index (χ1v) is 8.94. The Morgan fingerprint density at radius 2 is 1.85 bits per heavy atom. The number of carbonyl (C=O) groups is 2. The molecule has 0 spiro atoms. The lowest BCUT2D eigenvalue weighted by Gasteiger charge is -2.34. The van der Waals surface area contributed by atoms with Crippen LogP contribution in [-0.2, 0) is 0 Å². The summed E-state index contributed by atoms with van der Waals surface area (Å²) in [5.41, 5.74) is 7.09. The van der Waals surface area contributed by atoms with Crippen LogP contribution in [0.2, 0.25) is 0 Å². The molecule has 3 rings (SSSR count). The molecule has 1 atom stereocenters. The molecule has 1 fully saturated rings. The number of para-hydroxylation sites is 1. The average molecular weight is 392 g/mol. The highest BCUT2D eigenvalue weighted by atomic mass is 35.5. The second kappa shape index (κ2) is 9.06. The smallest absolute Gasteiger partial charge is 0.293 e. The fourth-order valence-corrected chi connectivity index (χ4v) is 3.42. The zero-order valence-corrected chi connectivity index (χ0v) is 16.4. The highest BCUT2D eigenvalue weighted by molar-refractivity contribution is 6.09. The number of benzene rings is 1. The van der Waals surface area contributed by atoms with E-state index in [4.69, 9.17) is 10.2 Å². The van der Waals surface area contributed by atoms with E-state index in [9.17, 15) is 9.59 Å². The van der Waals surface area contributed by atoms with Crippen molar-refractivity contribution in [1.82, 2.24) is 4.90 Å². The molecule has 0 radical (unpaired) electrons. The van der Waals surface area contributed by atoms with E-state index >= 15 is 0 Å². The minimum atomic E-state index is -0.286. The summed E-state index contributed by atoms with van der Waals surface area (Å²) < 4.78 is 5.19. The quantitative estimate of drug-likeness (QED) is 0.868. The first-order chi connectivity index (χ1) is 12.5. The zero-order chi connectivity index (χ0) is 18.7. The van der Waals surface area contributed by atoms with Crippen molar-refractivity contribution in [2.24, 2.45) is 11.7 Å². The Labute approximate surface area is 165 Å². The van der Waals surface area contributed by atoms with Gasteiger partial charge in [0.15, 0.2) is 5.76 Å². The van der Waals surface area contributed by atoms with Crippen molar-refractivity contribution < 1.29 is 14.0 Å². The number of nitrogens with zero attached hydrogens (tertiary/aromatic N) is 2. The molecule has 0 bridgehead atoms. The molecule has 7 heteroatoms. The second-order valence-electron chi connectivity index (χ2n) is 6.85. The summed E-state index contributed by atoms with van der Waals surface area (Å²) in [5, 5.41) is 0. The third kappa shape index (κ3) is 4.51. The van der Waals surface area contributed by atoms with Crippen LogP contribution in [-0.4, -0.2) is 42.9 Å². The molecule has 2 N–H and O–H groups in total. The van der Waals surface area contributed by atoms with Crippen LogP contribution in [0.4, 0.5) is 5.69 Å². The van der Waals surface area contributed by atoms with Gasteiger partial charge in [-0.25, -0.2) is 0 Å². The van der Waals surface area contributed by atoms with Gasteiger partial charge in [-0.15, -0.1) is 12.4 Å². The molecule has 146 valence electrons. The number of hydrogen-bond donors (Lipinski definition) is 1. The molecule has 6 nitrogen and oxygen atoms in total. The number of halogens is 1. The van der Waals surface area contributed by atoms with Crippen molar-refractivity contribution in [3.8, 4) is 0 Å². The van der Waals surface area contributed by atoms with Crippen LogP contribution in [0, 0.1) is 5.92 Å². The summed E-state index contributed by atoms with van der Waals surface area (Å²) in [4.78, 5) is 28.9. The van der Waals surface area contributed by atoms with Crippen molar-refractivity contribution in [3.63, 3.8) is 0 Å². The van der Waals surface area contributed by atoms with Crippen molar-refractivity contribution in [1.29, 1.82) is 0 Å². The van der Waals surface area contributed by atoms with Crippen LogP contribution in [0.15, 0.2) is 47.1 Å². The summed E-state index contributed by atoms with van der Waals surface area (Å²) >= 11 is 0. The van der Waals surface area contributed by atoms with E-state index in [1.807, 2.05) is 24.0 Å². The molecule has 1 saturated heterocycles. The SMILES string of the molecule is CC(N)C1CCN(C(=O)c2ccccc2N(C)C(=O)c2ccco2)CC1.Cl. The third-order valence-electron chi connectivity index (χ3n) is 5.10. The molecule has 1 aliphatic rings. The topological polar surface area (TPSA) is 79.8 Å². The van der Waals surface area contributed by atoms with E-state index in [2.05, 4.69) is 0 Å². The normalized spacial score (nSPS) is 15.7. The van der Waals surface area contributed by atoms with Gasteiger partial charge in [0.25, 0.3) is 11.8 Å². The molecule has 2 heterocycles. The van der Waals surface area contributed by atoms with Crippen LogP contribution >= 0.6 is 12.4 Å². The Kier molecular flexibility index (Phi) is 7.05. The van der Waals surface area contributed by atoms with Gasteiger partial charge < -0.3 is 20.0 Å². The number of anilines is 1. The van der Waals surface area contributed by atoms with Crippen molar-refractivity contribution in [3.05, 3.63) is 54.0 Å². The lowest BCUT2D eigenvalue weighted by molar-refractivity contribution is 0.0681. The molecule has 1 unspecified atom stereocenters. The number of hydrogen-bond acceptors (Lipinski definition) is 4.